The molecule has 1 aliphatic heterocycles. The summed E-state index contributed by atoms with van der Waals surface area (Å²) in [6.45, 7) is 12.6. The molecular weight excluding hydrogens is 343 g/mol. The molecule has 108 valence electrons. The first kappa shape index (κ1) is 17.9. The fourth-order valence-corrected chi connectivity index (χ4v) is 1.97. The van der Waals surface area contributed by atoms with Crippen LogP contribution in [0.1, 0.15) is 20.8 Å². The first-order valence-electron chi connectivity index (χ1n) is 6.51. The highest BCUT2D eigenvalue weighted by molar-refractivity contribution is 14.0. The molecule has 0 atom stereocenters. The Balaban J connectivity index is 0.00000289. The molecule has 1 rings (SSSR count). The largest absolute Gasteiger partial charge is 0.378 e. The number of aliphatic imine (C=N–C) groups is 1. The van der Waals surface area contributed by atoms with Crippen molar-refractivity contribution in [2.45, 2.75) is 26.8 Å². The number of guanidine groups is 1. The zero-order valence-corrected chi connectivity index (χ0v) is 14.1. The smallest absolute Gasteiger partial charge is 0.191 e. The maximum Gasteiger partial charge on any atom is 0.191 e. The number of nitrogens with two attached hydrogens (primary N) is 1. The number of morpholine rings is 1. The van der Waals surface area contributed by atoms with Crippen molar-refractivity contribution >= 4 is 29.9 Å². The van der Waals surface area contributed by atoms with Gasteiger partial charge in [0.15, 0.2) is 5.96 Å². The van der Waals surface area contributed by atoms with E-state index >= 15 is 0 Å². The zero-order chi connectivity index (χ0) is 12.7. The lowest BCUT2D eigenvalue weighted by Crippen LogP contribution is -2.45. The van der Waals surface area contributed by atoms with Crippen LogP contribution in [0.15, 0.2) is 4.99 Å². The zero-order valence-electron chi connectivity index (χ0n) is 11.8. The van der Waals surface area contributed by atoms with Gasteiger partial charge in [0.2, 0.25) is 0 Å². The molecule has 0 aliphatic carbocycles. The monoisotopic (exact) mass is 370 g/mol. The van der Waals surface area contributed by atoms with Crippen molar-refractivity contribution in [1.82, 2.24) is 9.80 Å². The SMILES string of the molecule is CCN(CCN=C(N)N1CCOCC1)C(C)C.I. The first-order chi connectivity index (χ1) is 8.15. The summed E-state index contributed by atoms with van der Waals surface area (Å²) in [6.07, 6.45) is 0. The van der Waals surface area contributed by atoms with Crippen LogP contribution in [0.25, 0.3) is 0 Å². The lowest BCUT2D eigenvalue weighted by atomic mass is 10.3. The Labute approximate surface area is 128 Å². The molecule has 0 aromatic heterocycles. The second-order valence-corrected chi connectivity index (χ2v) is 4.56. The van der Waals surface area contributed by atoms with Gasteiger partial charge in [0.25, 0.3) is 0 Å². The van der Waals surface area contributed by atoms with E-state index in [0.29, 0.717) is 12.0 Å². The van der Waals surface area contributed by atoms with Gasteiger partial charge in [0.1, 0.15) is 0 Å². The van der Waals surface area contributed by atoms with E-state index in [-0.39, 0.29) is 24.0 Å². The molecule has 0 unspecified atom stereocenters. The normalized spacial score (nSPS) is 17.2. The van der Waals surface area contributed by atoms with E-state index < -0.39 is 0 Å². The maximum absolute atomic E-state index is 5.95. The number of likely N-dealkylation sites (N-methyl/N-ethyl adjacent to an activating group) is 1. The number of hydrogen-bond donors (Lipinski definition) is 1. The Morgan fingerprint density at radius 3 is 2.50 bits per heavy atom. The molecule has 18 heavy (non-hydrogen) atoms. The summed E-state index contributed by atoms with van der Waals surface area (Å²) in [4.78, 5) is 8.92. The van der Waals surface area contributed by atoms with Crippen LogP contribution in [-0.2, 0) is 4.74 Å². The van der Waals surface area contributed by atoms with E-state index in [1.807, 2.05) is 0 Å². The number of rotatable bonds is 5. The molecule has 1 aliphatic rings. The van der Waals surface area contributed by atoms with E-state index in [0.717, 1.165) is 45.9 Å². The van der Waals surface area contributed by atoms with Crippen LogP contribution in [-0.4, -0.2) is 67.7 Å². The van der Waals surface area contributed by atoms with Crippen molar-refractivity contribution in [3.8, 4) is 0 Å². The Hall–Kier alpha value is -0.0800. The van der Waals surface area contributed by atoms with Crippen molar-refractivity contribution < 1.29 is 4.74 Å². The number of ether oxygens (including phenoxy) is 1. The fraction of sp³-hybridized carbons (Fsp3) is 0.917. The standard InChI is InChI=1S/C12H26N4O.HI/c1-4-15(11(2)3)6-5-14-12(13)16-7-9-17-10-8-16;/h11H,4-10H2,1-3H3,(H2,13,14);1H. The second kappa shape index (κ2) is 9.80. The van der Waals surface area contributed by atoms with Gasteiger partial charge in [-0.25, -0.2) is 0 Å². The molecule has 5 nitrogen and oxygen atoms in total. The molecule has 0 aromatic carbocycles. The van der Waals surface area contributed by atoms with E-state index in [1.54, 1.807) is 0 Å². The summed E-state index contributed by atoms with van der Waals surface area (Å²) in [5.74, 6) is 0.660. The van der Waals surface area contributed by atoms with Crippen molar-refractivity contribution in [3.63, 3.8) is 0 Å². The first-order valence-corrected chi connectivity index (χ1v) is 6.51. The highest BCUT2D eigenvalue weighted by Gasteiger charge is 2.12. The van der Waals surface area contributed by atoms with Crippen LogP contribution in [0.2, 0.25) is 0 Å². The summed E-state index contributed by atoms with van der Waals surface area (Å²) in [5.41, 5.74) is 5.95. The van der Waals surface area contributed by atoms with Gasteiger partial charge in [-0.3, -0.25) is 9.89 Å². The van der Waals surface area contributed by atoms with Gasteiger partial charge in [0.05, 0.1) is 19.8 Å². The maximum atomic E-state index is 5.95. The third-order valence-corrected chi connectivity index (χ3v) is 3.13. The van der Waals surface area contributed by atoms with Gasteiger partial charge in [0, 0.05) is 25.7 Å². The molecule has 2 N–H and O–H groups in total. The van der Waals surface area contributed by atoms with E-state index in [1.165, 1.54) is 0 Å². The molecule has 1 fully saturated rings. The molecule has 0 bridgehead atoms. The average molecular weight is 370 g/mol. The predicted molar refractivity (Wildman–Crippen MR) is 86.7 cm³/mol. The topological polar surface area (TPSA) is 54.1 Å². The summed E-state index contributed by atoms with van der Waals surface area (Å²) in [5, 5.41) is 0. The fourth-order valence-electron chi connectivity index (χ4n) is 1.97. The van der Waals surface area contributed by atoms with Gasteiger partial charge >= 0.3 is 0 Å². The summed E-state index contributed by atoms with van der Waals surface area (Å²) in [6, 6.07) is 0.569. The molecule has 6 heteroatoms. The summed E-state index contributed by atoms with van der Waals surface area (Å²) in [7, 11) is 0. The van der Waals surface area contributed by atoms with Gasteiger partial charge in [-0.15, -0.1) is 24.0 Å². The molecule has 0 saturated carbocycles. The third-order valence-electron chi connectivity index (χ3n) is 3.13. The minimum absolute atomic E-state index is 0. The Bertz CT molecular complexity index is 242. The van der Waals surface area contributed by atoms with Crippen LogP contribution < -0.4 is 5.73 Å². The molecule has 0 aromatic rings. The van der Waals surface area contributed by atoms with Crippen molar-refractivity contribution in [2.24, 2.45) is 10.7 Å². The Morgan fingerprint density at radius 2 is 2.00 bits per heavy atom. The number of hydrogen-bond acceptors (Lipinski definition) is 3. The summed E-state index contributed by atoms with van der Waals surface area (Å²) < 4.78 is 5.28. The van der Waals surface area contributed by atoms with Gasteiger partial charge < -0.3 is 15.4 Å². The Morgan fingerprint density at radius 1 is 1.39 bits per heavy atom. The lowest BCUT2D eigenvalue weighted by molar-refractivity contribution is 0.0674. The van der Waals surface area contributed by atoms with E-state index in [2.05, 4.69) is 35.6 Å². The number of nitrogens with zero attached hydrogens (tertiary/aromatic N) is 3. The highest BCUT2D eigenvalue weighted by Crippen LogP contribution is 1.98. The third kappa shape index (κ3) is 6.19. The Kier molecular flexibility index (Phi) is 9.76. The van der Waals surface area contributed by atoms with Crippen LogP contribution in [0.5, 0.6) is 0 Å². The van der Waals surface area contributed by atoms with Gasteiger partial charge in [-0.05, 0) is 20.4 Å². The van der Waals surface area contributed by atoms with Crippen molar-refractivity contribution in [1.29, 1.82) is 0 Å². The van der Waals surface area contributed by atoms with Crippen molar-refractivity contribution in [3.05, 3.63) is 0 Å². The van der Waals surface area contributed by atoms with Crippen LogP contribution in [0, 0.1) is 0 Å². The molecule has 0 amide bonds. The minimum Gasteiger partial charge on any atom is -0.378 e. The molecule has 1 heterocycles. The lowest BCUT2D eigenvalue weighted by Gasteiger charge is -2.28. The number of halogens is 1. The van der Waals surface area contributed by atoms with Crippen LogP contribution in [0.3, 0.4) is 0 Å². The predicted octanol–water partition coefficient (Wildman–Crippen LogP) is 0.982. The molecule has 0 radical (unpaired) electrons. The van der Waals surface area contributed by atoms with Gasteiger partial charge in [-0.2, -0.15) is 0 Å². The van der Waals surface area contributed by atoms with E-state index in [9.17, 15) is 0 Å². The highest BCUT2D eigenvalue weighted by atomic mass is 127. The van der Waals surface area contributed by atoms with Gasteiger partial charge in [-0.1, -0.05) is 6.92 Å². The molecule has 0 spiro atoms. The molecule has 1 saturated heterocycles. The van der Waals surface area contributed by atoms with Crippen LogP contribution in [0.4, 0.5) is 0 Å². The quantitative estimate of drug-likeness (QED) is 0.446. The average Bonchev–Trinajstić information content (AvgIpc) is 2.35. The van der Waals surface area contributed by atoms with Crippen LogP contribution >= 0.6 is 24.0 Å². The minimum atomic E-state index is 0. The second-order valence-electron chi connectivity index (χ2n) is 4.56. The molecular formula is C12H27IN4O. The van der Waals surface area contributed by atoms with E-state index in [4.69, 9.17) is 10.5 Å². The summed E-state index contributed by atoms with van der Waals surface area (Å²) >= 11 is 0. The van der Waals surface area contributed by atoms with Crippen molar-refractivity contribution in [2.75, 3.05) is 45.9 Å².